The third-order valence-corrected chi connectivity index (χ3v) is 3.97. The van der Waals surface area contributed by atoms with Crippen molar-refractivity contribution >= 4 is 22.9 Å². The fraction of sp³-hybridized carbons (Fsp3) is 0.278. The quantitative estimate of drug-likeness (QED) is 0.879. The highest BCUT2D eigenvalue weighted by Crippen LogP contribution is 2.18. The average molecular weight is 307 g/mol. The van der Waals surface area contributed by atoms with Gasteiger partial charge in [-0.25, -0.2) is 0 Å². The summed E-state index contributed by atoms with van der Waals surface area (Å²) in [4.78, 5) is 16.4. The molecule has 2 atom stereocenters. The number of hydrogen-bond donors (Lipinski definition) is 1. The van der Waals surface area contributed by atoms with Gasteiger partial charge in [-0.2, -0.15) is 5.26 Å². The van der Waals surface area contributed by atoms with E-state index in [1.807, 2.05) is 30.3 Å². The Morgan fingerprint density at radius 2 is 2.30 bits per heavy atom. The first-order valence-corrected chi connectivity index (χ1v) is 7.57. The fourth-order valence-electron chi connectivity index (χ4n) is 2.70. The lowest BCUT2D eigenvalue weighted by atomic mass is 10.0. The van der Waals surface area contributed by atoms with Crippen molar-refractivity contribution in [1.29, 1.82) is 5.26 Å². The van der Waals surface area contributed by atoms with E-state index < -0.39 is 6.04 Å². The van der Waals surface area contributed by atoms with Crippen molar-refractivity contribution < 1.29 is 9.53 Å². The van der Waals surface area contributed by atoms with E-state index >= 15 is 0 Å². The number of nitriles is 1. The third-order valence-electron chi connectivity index (χ3n) is 3.97. The van der Waals surface area contributed by atoms with Gasteiger partial charge in [0.05, 0.1) is 18.2 Å². The average Bonchev–Trinajstić information content (AvgIpc) is 3.12. The molecule has 2 aromatic rings. The Bertz CT molecular complexity index is 768. The SMILES string of the molecule is N#CC(NC(=O)/C=C/c1ccnc2ccccc12)C1CCOC1. The number of para-hydroxylation sites is 1. The maximum Gasteiger partial charge on any atom is 0.245 e. The molecule has 23 heavy (non-hydrogen) atoms. The van der Waals surface area contributed by atoms with Gasteiger partial charge in [0.25, 0.3) is 0 Å². The van der Waals surface area contributed by atoms with E-state index in [1.54, 1.807) is 12.3 Å². The van der Waals surface area contributed by atoms with Gasteiger partial charge in [-0.3, -0.25) is 9.78 Å². The number of amides is 1. The number of fused-ring (bicyclic) bond motifs is 1. The molecule has 0 radical (unpaired) electrons. The van der Waals surface area contributed by atoms with Crippen molar-refractivity contribution in [2.45, 2.75) is 12.5 Å². The number of nitrogens with one attached hydrogen (secondary N) is 1. The lowest BCUT2D eigenvalue weighted by molar-refractivity contribution is -0.117. The molecule has 0 spiro atoms. The lowest BCUT2D eigenvalue weighted by Crippen LogP contribution is -2.38. The van der Waals surface area contributed by atoms with E-state index in [2.05, 4.69) is 16.4 Å². The number of pyridine rings is 1. The molecule has 1 amide bonds. The van der Waals surface area contributed by atoms with Crippen LogP contribution in [-0.4, -0.2) is 30.1 Å². The highest BCUT2D eigenvalue weighted by Gasteiger charge is 2.26. The van der Waals surface area contributed by atoms with Crippen molar-refractivity contribution in [3.63, 3.8) is 0 Å². The maximum absolute atomic E-state index is 12.1. The number of rotatable bonds is 4. The van der Waals surface area contributed by atoms with Crippen LogP contribution in [0.2, 0.25) is 0 Å². The van der Waals surface area contributed by atoms with Crippen LogP contribution in [-0.2, 0) is 9.53 Å². The van der Waals surface area contributed by atoms with Crippen molar-refractivity contribution in [1.82, 2.24) is 10.3 Å². The summed E-state index contributed by atoms with van der Waals surface area (Å²) < 4.78 is 5.27. The highest BCUT2D eigenvalue weighted by atomic mass is 16.5. The first-order valence-electron chi connectivity index (χ1n) is 7.57. The normalized spacial score (nSPS) is 18.8. The number of nitrogens with zero attached hydrogens (tertiary/aromatic N) is 2. The standard InChI is InChI=1S/C18H17N3O2/c19-11-17(14-8-10-23-12-14)21-18(22)6-5-13-7-9-20-16-4-2-1-3-15(13)16/h1-7,9,14,17H,8,10,12H2,(H,21,22)/b6-5+. The highest BCUT2D eigenvalue weighted by molar-refractivity contribution is 5.95. The van der Waals surface area contributed by atoms with Gasteiger partial charge in [0.1, 0.15) is 6.04 Å². The van der Waals surface area contributed by atoms with Gasteiger partial charge in [0.2, 0.25) is 5.91 Å². The Morgan fingerprint density at radius 3 is 3.09 bits per heavy atom. The zero-order chi connectivity index (χ0) is 16.1. The molecule has 1 aliphatic rings. The topological polar surface area (TPSA) is 75.0 Å². The molecule has 5 nitrogen and oxygen atoms in total. The predicted molar refractivity (Wildman–Crippen MR) is 87.2 cm³/mol. The van der Waals surface area contributed by atoms with E-state index in [0.29, 0.717) is 13.2 Å². The van der Waals surface area contributed by atoms with Gasteiger partial charge in [0, 0.05) is 30.2 Å². The first-order chi connectivity index (χ1) is 11.3. The predicted octanol–water partition coefficient (Wildman–Crippen LogP) is 2.29. The Labute approximate surface area is 134 Å². The van der Waals surface area contributed by atoms with Gasteiger partial charge in [0.15, 0.2) is 0 Å². The molecular formula is C18H17N3O2. The maximum atomic E-state index is 12.1. The van der Waals surface area contributed by atoms with Crippen LogP contribution < -0.4 is 5.32 Å². The second-order valence-electron chi connectivity index (χ2n) is 5.49. The molecule has 116 valence electrons. The molecule has 0 bridgehead atoms. The largest absolute Gasteiger partial charge is 0.381 e. The molecule has 0 aliphatic carbocycles. The van der Waals surface area contributed by atoms with Gasteiger partial charge < -0.3 is 10.1 Å². The molecule has 1 saturated heterocycles. The number of aromatic nitrogens is 1. The summed E-state index contributed by atoms with van der Waals surface area (Å²) in [5, 5.41) is 12.9. The summed E-state index contributed by atoms with van der Waals surface area (Å²) in [6.07, 6.45) is 5.73. The molecular weight excluding hydrogens is 290 g/mol. The zero-order valence-electron chi connectivity index (χ0n) is 12.6. The van der Waals surface area contributed by atoms with E-state index in [0.717, 1.165) is 22.9 Å². The number of hydrogen-bond acceptors (Lipinski definition) is 4. The molecule has 1 aliphatic heterocycles. The van der Waals surface area contributed by atoms with Crippen LogP contribution in [0, 0.1) is 17.2 Å². The summed E-state index contributed by atoms with van der Waals surface area (Å²) in [5.41, 5.74) is 1.80. The Balaban J connectivity index is 1.71. The molecule has 2 heterocycles. The van der Waals surface area contributed by atoms with Crippen LogP contribution in [0.5, 0.6) is 0 Å². The van der Waals surface area contributed by atoms with E-state index in [4.69, 9.17) is 4.74 Å². The molecule has 1 aromatic heterocycles. The second-order valence-corrected chi connectivity index (χ2v) is 5.49. The van der Waals surface area contributed by atoms with Crippen molar-refractivity contribution in [3.05, 3.63) is 48.2 Å². The van der Waals surface area contributed by atoms with Crippen LogP contribution in [0.15, 0.2) is 42.6 Å². The van der Waals surface area contributed by atoms with Crippen LogP contribution >= 0.6 is 0 Å². The Morgan fingerprint density at radius 1 is 1.43 bits per heavy atom. The van der Waals surface area contributed by atoms with Crippen molar-refractivity contribution in [3.8, 4) is 6.07 Å². The van der Waals surface area contributed by atoms with Crippen molar-refractivity contribution in [2.75, 3.05) is 13.2 Å². The molecule has 1 fully saturated rings. The molecule has 3 rings (SSSR count). The van der Waals surface area contributed by atoms with Crippen LogP contribution in [0.25, 0.3) is 17.0 Å². The molecule has 0 saturated carbocycles. The number of benzene rings is 1. The lowest BCUT2D eigenvalue weighted by Gasteiger charge is -2.15. The minimum Gasteiger partial charge on any atom is -0.381 e. The summed E-state index contributed by atoms with van der Waals surface area (Å²) in [5.74, 6) is -0.205. The fourth-order valence-corrected chi connectivity index (χ4v) is 2.70. The molecule has 1 aromatic carbocycles. The zero-order valence-corrected chi connectivity index (χ0v) is 12.6. The minimum absolute atomic E-state index is 0.0686. The van der Waals surface area contributed by atoms with E-state index in [-0.39, 0.29) is 11.8 Å². The summed E-state index contributed by atoms with van der Waals surface area (Å²) in [6.45, 7) is 1.18. The van der Waals surface area contributed by atoms with Gasteiger partial charge in [-0.15, -0.1) is 0 Å². The number of carbonyl (C=O) groups excluding carboxylic acids is 1. The summed E-state index contributed by atoms with van der Waals surface area (Å²) in [6, 6.07) is 11.3. The monoisotopic (exact) mass is 307 g/mol. The number of carbonyl (C=O) groups is 1. The van der Waals surface area contributed by atoms with Gasteiger partial charge in [-0.05, 0) is 30.2 Å². The van der Waals surface area contributed by atoms with Crippen LogP contribution in [0.1, 0.15) is 12.0 Å². The third kappa shape index (κ3) is 3.55. The first kappa shape index (κ1) is 15.2. The second kappa shape index (κ2) is 7.03. The Hall–Kier alpha value is -2.71. The van der Waals surface area contributed by atoms with Crippen LogP contribution in [0.4, 0.5) is 0 Å². The van der Waals surface area contributed by atoms with Crippen molar-refractivity contribution in [2.24, 2.45) is 5.92 Å². The number of ether oxygens (including phenoxy) is 1. The minimum atomic E-state index is -0.510. The summed E-state index contributed by atoms with van der Waals surface area (Å²) >= 11 is 0. The van der Waals surface area contributed by atoms with E-state index in [9.17, 15) is 10.1 Å². The van der Waals surface area contributed by atoms with Crippen LogP contribution in [0.3, 0.4) is 0 Å². The van der Waals surface area contributed by atoms with Gasteiger partial charge in [-0.1, -0.05) is 18.2 Å². The Kier molecular flexibility index (Phi) is 4.65. The smallest absolute Gasteiger partial charge is 0.245 e. The van der Waals surface area contributed by atoms with Gasteiger partial charge >= 0.3 is 0 Å². The molecule has 1 N–H and O–H groups in total. The summed E-state index contributed by atoms with van der Waals surface area (Å²) in [7, 11) is 0. The molecule has 2 unspecified atom stereocenters. The molecule has 5 heteroatoms. The van der Waals surface area contributed by atoms with E-state index in [1.165, 1.54) is 6.08 Å².